The van der Waals surface area contributed by atoms with Gasteiger partial charge in [-0.3, -0.25) is 9.59 Å². The van der Waals surface area contributed by atoms with Crippen LogP contribution in [0.5, 0.6) is 0 Å². The Bertz CT molecular complexity index is 422. The second kappa shape index (κ2) is 5.13. The number of nitrogens with one attached hydrogen (secondary N) is 1. The molecule has 0 radical (unpaired) electrons. The van der Waals surface area contributed by atoms with Crippen LogP contribution in [0, 0.1) is 0 Å². The molecule has 2 rings (SSSR count). The van der Waals surface area contributed by atoms with Crippen molar-refractivity contribution in [1.82, 2.24) is 0 Å². The van der Waals surface area contributed by atoms with Crippen molar-refractivity contribution in [2.75, 3.05) is 5.32 Å². The Morgan fingerprint density at radius 2 is 2.00 bits per heavy atom. The van der Waals surface area contributed by atoms with Gasteiger partial charge in [0.1, 0.15) is 5.78 Å². The van der Waals surface area contributed by atoms with Crippen molar-refractivity contribution in [2.24, 2.45) is 0 Å². The molecule has 1 aromatic rings. The molecule has 1 saturated carbocycles. The summed E-state index contributed by atoms with van der Waals surface area (Å²) in [4.78, 5) is 22.3. The number of anilines is 1. The first-order chi connectivity index (χ1) is 8.15. The molecule has 17 heavy (non-hydrogen) atoms. The van der Waals surface area contributed by atoms with Crippen molar-refractivity contribution < 1.29 is 9.59 Å². The average Bonchev–Trinajstić information content (AvgIpc) is 2.29. The minimum atomic E-state index is -0.0643. The van der Waals surface area contributed by atoms with E-state index >= 15 is 0 Å². The lowest BCUT2D eigenvalue weighted by Gasteiger charge is -2.21. The van der Waals surface area contributed by atoms with Gasteiger partial charge in [-0.1, -0.05) is 12.1 Å². The molecule has 90 valence electrons. The molecule has 0 bridgehead atoms. The summed E-state index contributed by atoms with van der Waals surface area (Å²) in [6.45, 7) is 1.49. The molecule has 0 spiro atoms. The highest BCUT2D eigenvalue weighted by Gasteiger charge is 2.20. The van der Waals surface area contributed by atoms with Crippen LogP contribution in [0.1, 0.15) is 44.1 Å². The zero-order valence-corrected chi connectivity index (χ0v) is 10.0. The van der Waals surface area contributed by atoms with Gasteiger partial charge in [-0.15, -0.1) is 0 Å². The second-order valence-electron chi connectivity index (χ2n) is 4.64. The molecule has 1 unspecified atom stereocenters. The van der Waals surface area contributed by atoms with Crippen LogP contribution in [0.25, 0.3) is 0 Å². The summed E-state index contributed by atoms with van der Waals surface area (Å²) >= 11 is 0. The van der Waals surface area contributed by atoms with Crippen LogP contribution in [0.4, 0.5) is 5.69 Å². The quantitative estimate of drug-likeness (QED) is 0.850. The van der Waals surface area contributed by atoms with Gasteiger partial charge in [0.2, 0.25) is 5.91 Å². The maximum absolute atomic E-state index is 11.4. The Morgan fingerprint density at radius 3 is 2.59 bits per heavy atom. The van der Waals surface area contributed by atoms with E-state index in [1.165, 1.54) is 12.5 Å². The van der Waals surface area contributed by atoms with Crippen LogP contribution in [0.3, 0.4) is 0 Å². The Labute approximate surface area is 101 Å². The van der Waals surface area contributed by atoms with Crippen LogP contribution in [-0.2, 0) is 9.59 Å². The number of rotatable bonds is 2. The monoisotopic (exact) mass is 231 g/mol. The van der Waals surface area contributed by atoms with Crippen molar-refractivity contribution >= 4 is 17.4 Å². The lowest BCUT2D eigenvalue weighted by atomic mass is 9.83. The van der Waals surface area contributed by atoms with Crippen molar-refractivity contribution in [2.45, 2.75) is 38.5 Å². The Balaban J connectivity index is 2.06. The van der Waals surface area contributed by atoms with Crippen LogP contribution in [-0.4, -0.2) is 11.7 Å². The zero-order valence-electron chi connectivity index (χ0n) is 10.0. The summed E-state index contributed by atoms with van der Waals surface area (Å²) in [5.41, 5.74) is 2.01. The van der Waals surface area contributed by atoms with E-state index in [1.54, 1.807) is 0 Å². The maximum Gasteiger partial charge on any atom is 0.221 e. The van der Waals surface area contributed by atoms with E-state index in [1.807, 2.05) is 24.3 Å². The van der Waals surface area contributed by atoms with Crippen molar-refractivity contribution in [3.8, 4) is 0 Å². The molecule has 1 fully saturated rings. The number of hydrogen-bond donors (Lipinski definition) is 1. The third-order valence-electron chi connectivity index (χ3n) is 3.18. The van der Waals surface area contributed by atoms with Gasteiger partial charge in [-0.05, 0) is 36.5 Å². The fraction of sp³-hybridized carbons (Fsp3) is 0.429. The van der Waals surface area contributed by atoms with Gasteiger partial charge in [0.25, 0.3) is 0 Å². The van der Waals surface area contributed by atoms with Crippen molar-refractivity contribution in [1.29, 1.82) is 0 Å². The van der Waals surface area contributed by atoms with E-state index in [0.717, 1.165) is 24.9 Å². The molecule has 1 atom stereocenters. The van der Waals surface area contributed by atoms with Crippen LogP contribution in [0.15, 0.2) is 24.3 Å². The zero-order chi connectivity index (χ0) is 12.3. The summed E-state index contributed by atoms with van der Waals surface area (Å²) in [6, 6.07) is 7.81. The number of hydrogen-bond acceptors (Lipinski definition) is 2. The molecular formula is C14H17NO2. The average molecular weight is 231 g/mol. The normalized spacial score (nSPS) is 20.1. The minimum absolute atomic E-state index is 0.0643. The lowest BCUT2D eigenvalue weighted by Crippen LogP contribution is -2.13. The van der Waals surface area contributed by atoms with E-state index in [4.69, 9.17) is 0 Å². The van der Waals surface area contributed by atoms with Crippen LogP contribution >= 0.6 is 0 Å². The van der Waals surface area contributed by atoms with Gasteiger partial charge in [0.15, 0.2) is 0 Å². The third kappa shape index (κ3) is 3.16. The molecule has 0 heterocycles. The van der Waals surface area contributed by atoms with Gasteiger partial charge < -0.3 is 5.32 Å². The highest BCUT2D eigenvalue weighted by atomic mass is 16.1. The number of amides is 1. The Morgan fingerprint density at radius 1 is 1.29 bits per heavy atom. The van der Waals surface area contributed by atoms with Gasteiger partial charge >= 0.3 is 0 Å². The third-order valence-corrected chi connectivity index (χ3v) is 3.18. The SMILES string of the molecule is CC(=O)Nc1ccc(C2CCCC(=O)C2)cc1. The molecule has 3 heteroatoms. The lowest BCUT2D eigenvalue weighted by molar-refractivity contribution is -0.120. The molecule has 0 aliphatic heterocycles. The molecule has 1 N–H and O–H groups in total. The van der Waals surface area contributed by atoms with E-state index < -0.39 is 0 Å². The van der Waals surface area contributed by atoms with Gasteiger partial charge in [0, 0.05) is 25.5 Å². The maximum atomic E-state index is 11.4. The van der Waals surface area contributed by atoms with Crippen LogP contribution in [0.2, 0.25) is 0 Å². The first-order valence-electron chi connectivity index (χ1n) is 6.04. The second-order valence-corrected chi connectivity index (χ2v) is 4.64. The minimum Gasteiger partial charge on any atom is -0.326 e. The summed E-state index contributed by atoms with van der Waals surface area (Å²) in [7, 11) is 0. The summed E-state index contributed by atoms with van der Waals surface area (Å²) in [5.74, 6) is 0.667. The molecule has 1 amide bonds. The summed E-state index contributed by atoms with van der Waals surface area (Å²) in [6.07, 6.45) is 3.49. The molecule has 0 saturated heterocycles. The summed E-state index contributed by atoms with van der Waals surface area (Å²) < 4.78 is 0. The predicted molar refractivity (Wildman–Crippen MR) is 67.0 cm³/mol. The Hall–Kier alpha value is -1.64. The number of Topliss-reactive ketones (excluding diaryl/α,β-unsaturated/α-hetero) is 1. The topological polar surface area (TPSA) is 46.2 Å². The standard InChI is InChI=1S/C14H17NO2/c1-10(16)15-13-7-5-11(6-8-13)12-3-2-4-14(17)9-12/h5-8,12H,2-4,9H2,1H3,(H,15,16). The van der Waals surface area contributed by atoms with E-state index in [-0.39, 0.29) is 5.91 Å². The molecular weight excluding hydrogens is 214 g/mol. The van der Waals surface area contributed by atoms with Crippen molar-refractivity contribution in [3.63, 3.8) is 0 Å². The largest absolute Gasteiger partial charge is 0.326 e. The number of carbonyl (C=O) groups is 2. The van der Waals surface area contributed by atoms with Gasteiger partial charge in [-0.25, -0.2) is 0 Å². The number of carbonyl (C=O) groups excluding carboxylic acids is 2. The van der Waals surface area contributed by atoms with Crippen molar-refractivity contribution in [3.05, 3.63) is 29.8 Å². The predicted octanol–water partition coefficient (Wildman–Crippen LogP) is 2.87. The first-order valence-corrected chi connectivity index (χ1v) is 6.04. The fourth-order valence-electron chi connectivity index (χ4n) is 2.35. The molecule has 0 aromatic heterocycles. The highest BCUT2D eigenvalue weighted by Crippen LogP contribution is 2.31. The molecule has 1 aliphatic carbocycles. The van der Waals surface area contributed by atoms with E-state index in [2.05, 4.69) is 5.32 Å². The Kier molecular flexibility index (Phi) is 3.57. The molecule has 1 aliphatic rings. The molecule has 1 aromatic carbocycles. The van der Waals surface area contributed by atoms with E-state index in [0.29, 0.717) is 18.1 Å². The fourth-order valence-corrected chi connectivity index (χ4v) is 2.35. The number of ketones is 1. The van der Waals surface area contributed by atoms with Gasteiger partial charge in [-0.2, -0.15) is 0 Å². The number of benzene rings is 1. The summed E-state index contributed by atoms with van der Waals surface area (Å²) in [5, 5.41) is 2.74. The van der Waals surface area contributed by atoms with Gasteiger partial charge in [0.05, 0.1) is 0 Å². The highest BCUT2D eigenvalue weighted by molar-refractivity contribution is 5.88. The van der Waals surface area contributed by atoms with Crippen LogP contribution < -0.4 is 5.32 Å². The van der Waals surface area contributed by atoms with E-state index in [9.17, 15) is 9.59 Å². The molecule has 3 nitrogen and oxygen atoms in total. The first kappa shape index (κ1) is 11.8. The smallest absolute Gasteiger partial charge is 0.221 e.